The van der Waals surface area contributed by atoms with E-state index in [1.165, 1.54) is 0 Å². The van der Waals surface area contributed by atoms with Crippen LogP contribution in [0.5, 0.6) is 0 Å². The van der Waals surface area contributed by atoms with E-state index in [0.717, 1.165) is 23.9 Å². The van der Waals surface area contributed by atoms with Crippen molar-refractivity contribution in [3.05, 3.63) is 17.6 Å². The first-order valence-corrected chi connectivity index (χ1v) is 8.06. The van der Waals surface area contributed by atoms with Crippen LogP contribution in [0.3, 0.4) is 0 Å². The summed E-state index contributed by atoms with van der Waals surface area (Å²) in [5.74, 6) is 0.798. The summed E-state index contributed by atoms with van der Waals surface area (Å²) < 4.78 is 5.22. The highest BCUT2D eigenvalue weighted by Crippen LogP contribution is 2.28. The highest BCUT2D eigenvalue weighted by Gasteiger charge is 2.31. The Labute approximate surface area is 137 Å². The lowest BCUT2D eigenvalue weighted by Gasteiger charge is -2.36. The highest BCUT2D eigenvalue weighted by atomic mass is 16.5. The zero-order valence-electron chi connectivity index (χ0n) is 14.7. The number of aromatic nitrogens is 2. The molecule has 0 aromatic carbocycles. The maximum Gasteiger partial charge on any atom is 0.308 e. The molecule has 0 aliphatic carbocycles. The first kappa shape index (κ1) is 17.7. The molecule has 0 amide bonds. The average Bonchev–Trinajstić information content (AvgIpc) is 2.45. The van der Waals surface area contributed by atoms with Crippen LogP contribution in [-0.4, -0.2) is 41.2 Å². The molecule has 2 atom stereocenters. The van der Waals surface area contributed by atoms with Gasteiger partial charge < -0.3 is 14.7 Å². The van der Waals surface area contributed by atoms with Gasteiger partial charge in [0.05, 0.1) is 18.2 Å². The van der Waals surface area contributed by atoms with Gasteiger partial charge in [-0.1, -0.05) is 27.7 Å². The molecule has 6 heteroatoms. The highest BCUT2D eigenvalue weighted by molar-refractivity contribution is 5.71. The third kappa shape index (κ3) is 4.41. The van der Waals surface area contributed by atoms with Gasteiger partial charge in [-0.25, -0.2) is 9.97 Å². The Morgan fingerprint density at radius 3 is 2.65 bits per heavy atom. The molecule has 2 heterocycles. The van der Waals surface area contributed by atoms with Gasteiger partial charge in [-0.3, -0.25) is 4.79 Å². The lowest BCUT2D eigenvalue weighted by molar-refractivity contribution is -0.142. The Morgan fingerprint density at radius 1 is 1.39 bits per heavy atom. The number of anilines is 1. The maximum atomic E-state index is 11.4. The summed E-state index contributed by atoms with van der Waals surface area (Å²) in [4.78, 5) is 22.8. The largest absolute Gasteiger partial charge is 0.481 e. The molecule has 0 saturated carbocycles. The van der Waals surface area contributed by atoms with Gasteiger partial charge in [0.25, 0.3) is 0 Å². The van der Waals surface area contributed by atoms with E-state index in [-0.39, 0.29) is 11.3 Å². The van der Waals surface area contributed by atoms with Gasteiger partial charge >= 0.3 is 5.97 Å². The van der Waals surface area contributed by atoms with Gasteiger partial charge in [0, 0.05) is 31.7 Å². The summed E-state index contributed by atoms with van der Waals surface area (Å²) in [6.45, 7) is 10.0. The summed E-state index contributed by atoms with van der Waals surface area (Å²) in [6, 6.07) is 1.91. The summed E-state index contributed by atoms with van der Waals surface area (Å²) in [6.07, 6.45) is 0.716. The fourth-order valence-corrected chi connectivity index (χ4v) is 2.92. The topological polar surface area (TPSA) is 75.5 Å². The van der Waals surface area contributed by atoms with Crippen LogP contribution >= 0.6 is 0 Å². The third-order valence-electron chi connectivity index (χ3n) is 4.06. The number of rotatable bonds is 4. The molecular formula is C17H27N3O3. The first-order chi connectivity index (χ1) is 10.7. The summed E-state index contributed by atoms with van der Waals surface area (Å²) >= 11 is 0. The minimum atomic E-state index is -0.733. The number of nitrogens with zero attached hydrogens (tertiary/aromatic N) is 3. The molecule has 23 heavy (non-hydrogen) atoms. The Bertz CT molecular complexity index is 569. The van der Waals surface area contributed by atoms with Crippen molar-refractivity contribution >= 4 is 11.8 Å². The van der Waals surface area contributed by atoms with E-state index in [0.29, 0.717) is 25.5 Å². The van der Waals surface area contributed by atoms with Gasteiger partial charge in [-0.2, -0.15) is 0 Å². The number of ether oxygens (including phenoxy) is 1. The third-order valence-corrected chi connectivity index (χ3v) is 4.06. The number of methoxy groups -OCH3 is 1. The molecule has 1 aromatic heterocycles. The van der Waals surface area contributed by atoms with Crippen LogP contribution in [0.2, 0.25) is 0 Å². The van der Waals surface area contributed by atoms with Crippen LogP contribution in [0.25, 0.3) is 0 Å². The number of carboxylic acid groups (broad SMARTS) is 1. The molecule has 2 rings (SSSR count). The van der Waals surface area contributed by atoms with Crippen LogP contribution in [0.1, 0.15) is 45.6 Å². The van der Waals surface area contributed by atoms with Gasteiger partial charge in [-0.05, 0) is 12.3 Å². The summed E-state index contributed by atoms with van der Waals surface area (Å²) in [7, 11) is 1.64. The molecule has 0 spiro atoms. The summed E-state index contributed by atoms with van der Waals surface area (Å²) in [5, 5.41) is 9.36. The monoisotopic (exact) mass is 321 g/mol. The van der Waals surface area contributed by atoms with Crippen molar-refractivity contribution < 1.29 is 14.6 Å². The quantitative estimate of drug-likeness (QED) is 0.918. The van der Waals surface area contributed by atoms with E-state index in [1.807, 2.05) is 6.07 Å². The number of piperidine rings is 1. The molecule has 1 aliphatic heterocycles. The van der Waals surface area contributed by atoms with E-state index in [4.69, 9.17) is 9.72 Å². The molecule has 1 aliphatic rings. The van der Waals surface area contributed by atoms with E-state index < -0.39 is 5.97 Å². The van der Waals surface area contributed by atoms with Crippen LogP contribution < -0.4 is 4.90 Å². The van der Waals surface area contributed by atoms with Gasteiger partial charge in [0.2, 0.25) is 0 Å². The number of hydrogen-bond acceptors (Lipinski definition) is 5. The minimum Gasteiger partial charge on any atom is -0.481 e. The van der Waals surface area contributed by atoms with Crippen molar-refractivity contribution in [1.29, 1.82) is 0 Å². The molecule has 128 valence electrons. The van der Waals surface area contributed by atoms with Crippen molar-refractivity contribution in [2.45, 2.75) is 46.1 Å². The molecular weight excluding hydrogens is 294 g/mol. The van der Waals surface area contributed by atoms with E-state index in [9.17, 15) is 9.90 Å². The molecule has 1 N–H and O–H groups in total. The lowest BCUT2D eigenvalue weighted by atomic mass is 9.90. The molecule has 6 nitrogen and oxygen atoms in total. The Morgan fingerprint density at radius 2 is 2.09 bits per heavy atom. The van der Waals surface area contributed by atoms with Crippen molar-refractivity contribution in [1.82, 2.24) is 9.97 Å². The van der Waals surface area contributed by atoms with Crippen LogP contribution in [0.15, 0.2) is 6.07 Å². The molecule has 1 fully saturated rings. The Balaban J connectivity index is 2.36. The number of hydrogen-bond donors (Lipinski definition) is 1. The van der Waals surface area contributed by atoms with Gasteiger partial charge in [-0.15, -0.1) is 0 Å². The van der Waals surface area contributed by atoms with Crippen molar-refractivity contribution in [3.8, 4) is 0 Å². The molecule has 0 bridgehead atoms. The van der Waals surface area contributed by atoms with E-state index >= 15 is 0 Å². The second kappa shape index (κ2) is 6.83. The van der Waals surface area contributed by atoms with E-state index in [2.05, 4.69) is 37.6 Å². The van der Waals surface area contributed by atoms with Crippen molar-refractivity contribution in [2.24, 2.45) is 11.8 Å². The van der Waals surface area contributed by atoms with Crippen LogP contribution in [0, 0.1) is 11.8 Å². The summed E-state index contributed by atoms with van der Waals surface area (Å²) in [5.41, 5.74) is 0.652. The molecule has 0 radical (unpaired) electrons. The Hall–Kier alpha value is -1.69. The fraction of sp³-hybridized carbons (Fsp3) is 0.706. The maximum absolute atomic E-state index is 11.4. The van der Waals surface area contributed by atoms with Gasteiger partial charge in [0.1, 0.15) is 11.6 Å². The van der Waals surface area contributed by atoms with Gasteiger partial charge in [0.15, 0.2) is 0 Å². The Kier molecular flexibility index (Phi) is 5.24. The normalized spacial score (nSPS) is 22.2. The number of aliphatic carboxylic acids is 1. The van der Waals surface area contributed by atoms with Crippen LogP contribution in [-0.2, 0) is 21.6 Å². The predicted molar refractivity (Wildman–Crippen MR) is 88.6 cm³/mol. The smallest absolute Gasteiger partial charge is 0.308 e. The zero-order valence-corrected chi connectivity index (χ0v) is 14.7. The fourth-order valence-electron chi connectivity index (χ4n) is 2.92. The second-order valence-corrected chi connectivity index (χ2v) is 7.51. The molecule has 1 aromatic rings. The average molecular weight is 321 g/mol. The standard InChI is InChI=1S/C17H27N3O3/c1-11-6-12(15(21)22)9-20(8-11)14-7-13(10-23-5)18-16(19-14)17(2,3)4/h7,11-12H,6,8-10H2,1-5H3,(H,21,22). The van der Waals surface area contributed by atoms with Crippen LogP contribution in [0.4, 0.5) is 5.82 Å². The molecule has 2 unspecified atom stereocenters. The second-order valence-electron chi connectivity index (χ2n) is 7.51. The zero-order chi connectivity index (χ0) is 17.2. The van der Waals surface area contributed by atoms with E-state index in [1.54, 1.807) is 7.11 Å². The lowest BCUT2D eigenvalue weighted by Crippen LogP contribution is -2.43. The minimum absolute atomic E-state index is 0.175. The van der Waals surface area contributed by atoms with Crippen molar-refractivity contribution in [2.75, 3.05) is 25.1 Å². The molecule has 1 saturated heterocycles. The number of carbonyl (C=O) groups is 1. The van der Waals surface area contributed by atoms with Crippen molar-refractivity contribution in [3.63, 3.8) is 0 Å². The number of carboxylic acids is 1. The first-order valence-electron chi connectivity index (χ1n) is 8.06. The SMILES string of the molecule is COCc1cc(N2CC(C)CC(C(=O)O)C2)nc(C(C)(C)C)n1. The predicted octanol–water partition coefficient (Wildman–Crippen LogP) is 2.47.